The predicted molar refractivity (Wildman–Crippen MR) is 71.9 cm³/mol. The lowest BCUT2D eigenvalue weighted by Crippen LogP contribution is -2.29. The number of nitrogens with one attached hydrogen (secondary N) is 1. The molecule has 0 aliphatic carbocycles. The Bertz CT molecular complexity index is 424. The van der Waals surface area contributed by atoms with Crippen LogP contribution in [0.5, 0.6) is 0 Å². The van der Waals surface area contributed by atoms with Crippen LogP contribution in [0.15, 0.2) is 18.2 Å². The van der Waals surface area contributed by atoms with E-state index in [-0.39, 0.29) is 11.5 Å². The normalized spacial score (nSPS) is 13.8. The largest absolute Gasteiger partial charge is 0.419 e. The molecule has 0 amide bonds. The van der Waals surface area contributed by atoms with Gasteiger partial charge in [0.05, 0.1) is 5.56 Å². The maximum atomic E-state index is 14.2. The summed E-state index contributed by atoms with van der Waals surface area (Å²) in [5.74, 6) is -1.05. The molecule has 0 radical (unpaired) electrons. The highest BCUT2D eigenvalue weighted by molar-refractivity contribution is 5.31. The number of hydrogen-bond donors (Lipinski definition) is 1. The van der Waals surface area contributed by atoms with Gasteiger partial charge in [-0.2, -0.15) is 13.2 Å². The van der Waals surface area contributed by atoms with Crippen LogP contribution in [0.2, 0.25) is 0 Å². The molecule has 1 atom stereocenters. The number of alkyl halides is 3. The summed E-state index contributed by atoms with van der Waals surface area (Å²) in [7, 11) is 0. The first kappa shape index (κ1) is 17.0. The quantitative estimate of drug-likeness (QED) is 0.733. The van der Waals surface area contributed by atoms with E-state index in [1.165, 1.54) is 12.1 Å². The summed E-state index contributed by atoms with van der Waals surface area (Å²) in [6.07, 6.45) is -3.10. The minimum Gasteiger partial charge on any atom is -0.310 e. The highest BCUT2D eigenvalue weighted by atomic mass is 19.4. The van der Waals surface area contributed by atoms with Gasteiger partial charge in [-0.25, -0.2) is 4.39 Å². The molecule has 1 aromatic rings. The van der Waals surface area contributed by atoms with Crippen molar-refractivity contribution < 1.29 is 17.6 Å². The summed E-state index contributed by atoms with van der Waals surface area (Å²) < 4.78 is 52.6. The molecule has 0 fully saturated rings. The van der Waals surface area contributed by atoms with E-state index in [2.05, 4.69) is 5.32 Å². The van der Waals surface area contributed by atoms with Crippen LogP contribution in [0.25, 0.3) is 0 Å². The third kappa shape index (κ3) is 3.72. The van der Waals surface area contributed by atoms with Crippen molar-refractivity contribution in [2.45, 2.75) is 45.8 Å². The van der Waals surface area contributed by atoms with Gasteiger partial charge in [-0.3, -0.25) is 0 Å². The number of rotatable bonds is 6. The van der Waals surface area contributed by atoms with Crippen molar-refractivity contribution in [3.05, 3.63) is 35.1 Å². The molecule has 1 aromatic carbocycles. The van der Waals surface area contributed by atoms with E-state index < -0.39 is 23.6 Å². The summed E-state index contributed by atoms with van der Waals surface area (Å²) >= 11 is 0. The van der Waals surface area contributed by atoms with Crippen LogP contribution in [-0.4, -0.2) is 6.54 Å². The Morgan fingerprint density at radius 1 is 1.10 bits per heavy atom. The fourth-order valence-electron chi connectivity index (χ4n) is 2.52. The van der Waals surface area contributed by atoms with Crippen molar-refractivity contribution in [2.24, 2.45) is 5.92 Å². The summed E-state index contributed by atoms with van der Waals surface area (Å²) in [6.45, 7) is 6.37. The lowest BCUT2D eigenvalue weighted by Gasteiger charge is -2.27. The molecule has 0 bridgehead atoms. The van der Waals surface area contributed by atoms with E-state index in [0.717, 1.165) is 18.9 Å². The van der Waals surface area contributed by atoms with Crippen LogP contribution in [0, 0.1) is 11.7 Å². The average Bonchev–Trinajstić information content (AvgIpc) is 2.38. The summed E-state index contributed by atoms with van der Waals surface area (Å²) in [5, 5.41) is 3.11. The van der Waals surface area contributed by atoms with E-state index in [1.54, 1.807) is 0 Å². The SMILES string of the molecule is CCNC(c1cccc(C(F)(F)F)c1F)C(CC)CC. The van der Waals surface area contributed by atoms with Crippen LogP contribution < -0.4 is 5.32 Å². The zero-order valence-corrected chi connectivity index (χ0v) is 12.0. The van der Waals surface area contributed by atoms with E-state index in [1.807, 2.05) is 20.8 Å². The highest BCUT2D eigenvalue weighted by Crippen LogP contribution is 2.36. The first-order valence-corrected chi connectivity index (χ1v) is 6.95. The Morgan fingerprint density at radius 2 is 1.70 bits per heavy atom. The molecule has 0 heterocycles. The highest BCUT2D eigenvalue weighted by Gasteiger charge is 2.36. The van der Waals surface area contributed by atoms with E-state index in [0.29, 0.717) is 6.54 Å². The number of hydrogen-bond acceptors (Lipinski definition) is 1. The predicted octanol–water partition coefficient (Wildman–Crippen LogP) is 4.93. The second kappa shape index (κ2) is 7.07. The first-order chi connectivity index (χ1) is 9.36. The first-order valence-electron chi connectivity index (χ1n) is 6.95. The number of halogens is 4. The van der Waals surface area contributed by atoms with Crippen molar-refractivity contribution in [3.63, 3.8) is 0 Å². The van der Waals surface area contributed by atoms with E-state index in [9.17, 15) is 17.6 Å². The number of benzene rings is 1. The summed E-state index contributed by atoms with van der Waals surface area (Å²) in [6, 6.07) is 3.11. The van der Waals surface area contributed by atoms with Gasteiger partial charge in [0.15, 0.2) is 0 Å². The maximum absolute atomic E-state index is 14.2. The fraction of sp³-hybridized carbons (Fsp3) is 0.600. The van der Waals surface area contributed by atoms with Gasteiger partial charge in [-0.05, 0) is 18.5 Å². The molecule has 0 saturated heterocycles. The Hall–Kier alpha value is -1.10. The van der Waals surface area contributed by atoms with Gasteiger partial charge in [-0.15, -0.1) is 0 Å². The Balaban J connectivity index is 3.27. The average molecular weight is 291 g/mol. The molecular formula is C15H21F4N. The molecule has 0 aliphatic heterocycles. The van der Waals surface area contributed by atoms with Crippen molar-refractivity contribution in [1.29, 1.82) is 0 Å². The van der Waals surface area contributed by atoms with E-state index in [4.69, 9.17) is 0 Å². The van der Waals surface area contributed by atoms with Crippen LogP contribution >= 0.6 is 0 Å². The molecule has 20 heavy (non-hydrogen) atoms. The third-order valence-corrected chi connectivity index (χ3v) is 3.61. The zero-order chi connectivity index (χ0) is 15.3. The monoisotopic (exact) mass is 291 g/mol. The second-order valence-electron chi connectivity index (χ2n) is 4.82. The minimum atomic E-state index is -4.66. The van der Waals surface area contributed by atoms with Crippen molar-refractivity contribution >= 4 is 0 Å². The third-order valence-electron chi connectivity index (χ3n) is 3.61. The van der Waals surface area contributed by atoms with Crippen molar-refractivity contribution in [3.8, 4) is 0 Å². The molecule has 5 heteroatoms. The maximum Gasteiger partial charge on any atom is 0.419 e. The van der Waals surface area contributed by atoms with Crippen LogP contribution in [-0.2, 0) is 6.18 Å². The van der Waals surface area contributed by atoms with Gasteiger partial charge in [0.2, 0.25) is 0 Å². The molecule has 1 unspecified atom stereocenters. The lowest BCUT2D eigenvalue weighted by atomic mass is 9.87. The molecule has 0 spiro atoms. The smallest absolute Gasteiger partial charge is 0.310 e. The zero-order valence-electron chi connectivity index (χ0n) is 12.0. The van der Waals surface area contributed by atoms with Gasteiger partial charge in [0.25, 0.3) is 0 Å². The van der Waals surface area contributed by atoms with Crippen LogP contribution in [0.3, 0.4) is 0 Å². The molecule has 0 aliphatic rings. The van der Waals surface area contributed by atoms with Crippen LogP contribution in [0.1, 0.15) is 50.8 Å². The minimum absolute atomic E-state index is 0.105. The molecule has 114 valence electrons. The molecule has 1 rings (SSSR count). The molecule has 0 aromatic heterocycles. The topological polar surface area (TPSA) is 12.0 Å². The van der Waals surface area contributed by atoms with Gasteiger partial charge >= 0.3 is 6.18 Å². The Kier molecular flexibility index (Phi) is 5.99. The molecule has 0 saturated carbocycles. The lowest BCUT2D eigenvalue weighted by molar-refractivity contribution is -0.140. The van der Waals surface area contributed by atoms with E-state index >= 15 is 0 Å². The molecular weight excluding hydrogens is 270 g/mol. The molecule has 1 nitrogen and oxygen atoms in total. The van der Waals surface area contributed by atoms with Gasteiger partial charge in [-0.1, -0.05) is 45.7 Å². The fourth-order valence-corrected chi connectivity index (χ4v) is 2.52. The van der Waals surface area contributed by atoms with Crippen molar-refractivity contribution in [2.75, 3.05) is 6.54 Å². The molecule has 1 N–H and O–H groups in total. The van der Waals surface area contributed by atoms with Gasteiger partial charge < -0.3 is 5.32 Å². The standard InChI is InChI=1S/C15H21F4N/c1-4-10(5-2)14(20-6-3)11-8-7-9-12(13(11)16)15(17,18)19/h7-10,14,20H,4-6H2,1-3H3. The van der Waals surface area contributed by atoms with Gasteiger partial charge in [0.1, 0.15) is 5.82 Å². The summed E-state index contributed by atoms with van der Waals surface area (Å²) in [4.78, 5) is 0. The Labute approximate surface area is 117 Å². The second-order valence-corrected chi connectivity index (χ2v) is 4.82. The van der Waals surface area contributed by atoms with Crippen LogP contribution in [0.4, 0.5) is 17.6 Å². The summed E-state index contributed by atoms with van der Waals surface area (Å²) in [5.41, 5.74) is -1.08. The van der Waals surface area contributed by atoms with Crippen molar-refractivity contribution in [1.82, 2.24) is 5.32 Å². The Morgan fingerprint density at radius 3 is 2.15 bits per heavy atom. The van der Waals surface area contributed by atoms with Gasteiger partial charge in [0, 0.05) is 11.6 Å².